The molecular weight excluding hydrogens is 186 g/mol. The van der Waals surface area contributed by atoms with E-state index in [4.69, 9.17) is 0 Å². The molecule has 1 heterocycles. The van der Waals surface area contributed by atoms with Crippen molar-refractivity contribution < 1.29 is 4.79 Å². The standard InChI is InChI=1S/C13H17NO/c1-10-7-11(2)9-12(8-10)14-6-4-3-5-13(14)15/h7-9H,3-6H2,1-2H3. The maximum atomic E-state index is 11.7. The molecular formula is C13H17NO. The van der Waals surface area contributed by atoms with Crippen LogP contribution in [0.25, 0.3) is 0 Å². The largest absolute Gasteiger partial charge is 0.312 e. The zero-order chi connectivity index (χ0) is 10.8. The third-order valence-corrected chi connectivity index (χ3v) is 2.84. The number of piperidine rings is 1. The molecule has 1 aromatic rings. The van der Waals surface area contributed by atoms with E-state index in [1.165, 1.54) is 11.1 Å². The fourth-order valence-electron chi connectivity index (χ4n) is 2.19. The van der Waals surface area contributed by atoms with Gasteiger partial charge in [-0.3, -0.25) is 4.79 Å². The summed E-state index contributed by atoms with van der Waals surface area (Å²) in [5, 5.41) is 0. The van der Waals surface area contributed by atoms with E-state index >= 15 is 0 Å². The first-order chi connectivity index (χ1) is 7.16. The Balaban J connectivity index is 2.31. The van der Waals surface area contributed by atoms with E-state index in [-0.39, 0.29) is 5.91 Å². The van der Waals surface area contributed by atoms with Gasteiger partial charge in [0.2, 0.25) is 5.91 Å². The fourth-order valence-corrected chi connectivity index (χ4v) is 2.19. The highest BCUT2D eigenvalue weighted by Gasteiger charge is 2.19. The van der Waals surface area contributed by atoms with Gasteiger partial charge in [-0.1, -0.05) is 6.07 Å². The molecule has 0 unspecified atom stereocenters. The first-order valence-electron chi connectivity index (χ1n) is 5.55. The van der Waals surface area contributed by atoms with Crippen molar-refractivity contribution in [2.45, 2.75) is 33.1 Å². The molecule has 0 aliphatic carbocycles. The lowest BCUT2D eigenvalue weighted by molar-refractivity contribution is -0.119. The number of amides is 1. The van der Waals surface area contributed by atoms with Gasteiger partial charge in [-0.15, -0.1) is 0 Å². The number of rotatable bonds is 1. The molecule has 1 saturated heterocycles. The van der Waals surface area contributed by atoms with Gasteiger partial charge in [0, 0.05) is 18.7 Å². The van der Waals surface area contributed by atoms with Gasteiger partial charge in [0.15, 0.2) is 0 Å². The SMILES string of the molecule is Cc1cc(C)cc(N2CCCCC2=O)c1. The minimum Gasteiger partial charge on any atom is -0.312 e. The average molecular weight is 203 g/mol. The second-order valence-electron chi connectivity index (χ2n) is 4.35. The second kappa shape index (κ2) is 4.05. The van der Waals surface area contributed by atoms with Gasteiger partial charge in [0.05, 0.1) is 0 Å². The van der Waals surface area contributed by atoms with Crippen LogP contribution >= 0.6 is 0 Å². The molecule has 1 aliphatic rings. The Morgan fingerprint density at radius 3 is 2.33 bits per heavy atom. The molecule has 0 bridgehead atoms. The van der Waals surface area contributed by atoms with Gasteiger partial charge in [0.1, 0.15) is 0 Å². The lowest BCUT2D eigenvalue weighted by Gasteiger charge is -2.27. The van der Waals surface area contributed by atoms with Crippen molar-refractivity contribution in [3.8, 4) is 0 Å². The van der Waals surface area contributed by atoms with E-state index in [2.05, 4.69) is 32.0 Å². The van der Waals surface area contributed by atoms with E-state index in [0.717, 1.165) is 25.1 Å². The van der Waals surface area contributed by atoms with E-state index in [1.807, 2.05) is 4.90 Å². The summed E-state index contributed by atoms with van der Waals surface area (Å²) in [6, 6.07) is 6.32. The highest BCUT2D eigenvalue weighted by atomic mass is 16.2. The van der Waals surface area contributed by atoms with Crippen LogP contribution in [-0.2, 0) is 4.79 Å². The fraction of sp³-hybridized carbons (Fsp3) is 0.462. The van der Waals surface area contributed by atoms with E-state index in [1.54, 1.807) is 0 Å². The first-order valence-corrected chi connectivity index (χ1v) is 5.55. The number of aryl methyl sites for hydroxylation is 2. The second-order valence-corrected chi connectivity index (χ2v) is 4.35. The Morgan fingerprint density at radius 2 is 1.73 bits per heavy atom. The Labute approximate surface area is 90.9 Å². The van der Waals surface area contributed by atoms with Crippen molar-refractivity contribution in [1.29, 1.82) is 0 Å². The van der Waals surface area contributed by atoms with Crippen LogP contribution in [0.4, 0.5) is 5.69 Å². The Morgan fingerprint density at radius 1 is 1.07 bits per heavy atom. The van der Waals surface area contributed by atoms with E-state index in [9.17, 15) is 4.79 Å². The molecule has 2 nitrogen and oxygen atoms in total. The summed E-state index contributed by atoms with van der Waals surface area (Å²) < 4.78 is 0. The van der Waals surface area contributed by atoms with Crippen LogP contribution in [0.1, 0.15) is 30.4 Å². The molecule has 1 amide bonds. The number of nitrogens with zero attached hydrogens (tertiary/aromatic N) is 1. The van der Waals surface area contributed by atoms with Crippen molar-refractivity contribution >= 4 is 11.6 Å². The van der Waals surface area contributed by atoms with E-state index < -0.39 is 0 Å². The summed E-state index contributed by atoms with van der Waals surface area (Å²) >= 11 is 0. The number of hydrogen-bond donors (Lipinski definition) is 0. The van der Waals surface area contributed by atoms with Crippen LogP contribution in [0.3, 0.4) is 0 Å². The van der Waals surface area contributed by atoms with Gasteiger partial charge in [-0.2, -0.15) is 0 Å². The van der Waals surface area contributed by atoms with Crippen molar-refractivity contribution in [2.75, 3.05) is 11.4 Å². The number of benzene rings is 1. The van der Waals surface area contributed by atoms with Crippen molar-refractivity contribution in [1.82, 2.24) is 0 Å². The van der Waals surface area contributed by atoms with Crippen LogP contribution in [0.15, 0.2) is 18.2 Å². The van der Waals surface area contributed by atoms with Gasteiger partial charge >= 0.3 is 0 Å². The molecule has 2 rings (SSSR count). The summed E-state index contributed by atoms with van der Waals surface area (Å²) in [5.74, 6) is 0.270. The third-order valence-electron chi connectivity index (χ3n) is 2.84. The molecule has 0 atom stereocenters. The van der Waals surface area contributed by atoms with Crippen LogP contribution in [0.5, 0.6) is 0 Å². The lowest BCUT2D eigenvalue weighted by atomic mass is 10.1. The molecule has 0 spiro atoms. The summed E-state index contributed by atoms with van der Waals surface area (Å²) in [7, 11) is 0. The number of carbonyl (C=O) groups excluding carboxylic acids is 1. The number of hydrogen-bond acceptors (Lipinski definition) is 1. The normalized spacial score (nSPS) is 16.9. The van der Waals surface area contributed by atoms with Crippen LogP contribution in [0, 0.1) is 13.8 Å². The Hall–Kier alpha value is -1.31. The number of carbonyl (C=O) groups is 1. The van der Waals surface area contributed by atoms with Crippen molar-refractivity contribution in [3.63, 3.8) is 0 Å². The molecule has 1 aromatic carbocycles. The predicted molar refractivity (Wildman–Crippen MR) is 62.1 cm³/mol. The highest BCUT2D eigenvalue weighted by molar-refractivity contribution is 5.94. The molecule has 80 valence electrons. The smallest absolute Gasteiger partial charge is 0.226 e. The Bertz CT molecular complexity index is 364. The van der Waals surface area contributed by atoms with E-state index in [0.29, 0.717) is 6.42 Å². The summed E-state index contributed by atoms with van der Waals surface area (Å²) in [5.41, 5.74) is 3.52. The molecule has 0 saturated carbocycles. The quantitative estimate of drug-likeness (QED) is 0.687. The maximum Gasteiger partial charge on any atom is 0.226 e. The van der Waals surface area contributed by atoms with Gasteiger partial charge in [0.25, 0.3) is 0 Å². The van der Waals surface area contributed by atoms with Crippen LogP contribution in [0.2, 0.25) is 0 Å². The molecule has 1 fully saturated rings. The van der Waals surface area contributed by atoms with Gasteiger partial charge in [-0.05, 0) is 49.9 Å². The van der Waals surface area contributed by atoms with Gasteiger partial charge < -0.3 is 4.90 Å². The monoisotopic (exact) mass is 203 g/mol. The molecule has 0 radical (unpaired) electrons. The number of anilines is 1. The lowest BCUT2D eigenvalue weighted by Crippen LogP contribution is -2.35. The van der Waals surface area contributed by atoms with Gasteiger partial charge in [-0.25, -0.2) is 0 Å². The minimum absolute atomic E-state index is 0.270. The topological polar surface area (TPSA) is 20.3 Å². The minimum atomic E-state index is 0.270. The van der Waals surface area contributed by atoms with Crippen molar-refractivity contribution in [2.24, 2.45) is 0 Å². The molecule has 0 aromatic heterocycles. The average Bonchev–Trinajstić information content (AvgIpc) is 2.16. The Kier molecular flexibility index (Phi) is 2.76. The maximum absolute atomic E-state index is 11.7. The predicted octanol–water partition coefficient (Wildman–Crippen LogP) is 2.82. The molecule has 15 heavy (non-hydrogen) atoms. The molecule has 1 aliphatic heterocycles. The van der Waals surface area contributed by atoms with Crippen molar-refractivity contribution in [3.05, 3.63) is 29.3 Å². The summed E-state index contributed by atoms with van der Waals surface area (Å²) in [4.78, 5) is 13.7. The molecule has 2 heteroatoms. The molecule has 0 N–H and O–H groups in total. The summed E-state index contributed by atoms with van der Waals surface area (Å²) in [6.45, 7) is 5.03. The van der Waals surface area contributed by atoms with Crippen LogP contribution in [-0.4, -0.2) is 12.5 Å². The first kappa shape index (κ1) is 10.2. The highest BCUT2D eigenvalue weighted by Crippen LogP contribution is 2.23. The third kappa shape index (κ3) is 2.20. The summed E-state index contributed by atoms with van der Waals surface area (Å²) in [6.07, 6.45) is 2.87. The zero-order valence-electron chi connectivity index (χ0n) is 9.42. The van der Waals surface area contributed by atoms with Crippen LogP contribution < -0.4 is 4.90 Å². The zero-order valence-corrected chi connectivity index (χ0v) is 9.42.